The van der Waals surface area contributed by atoms with Crippen LogP contribution >= 0.6 is 0 Å². The molecule has 0 bridgehead atoms. The highest BCUT2D eigenvalue weighted by atomic mass is 19.4. The standard InChI is InChI=1S/C13H8F3N3O2/c1-7-4-9(3-2-8(7)6-17)19-11(20)5-10(13(14,15)16)18-12(19)21/h2-5H,1H3,(H,18,21). The van der Waals surface area contributed by atoms with Gasteiger partial charge in [0.15, 0.2) is 0 Å². The second-order valence-electron chi connectivity index (χ2n) is 4.27. The molecule has 1 heterocycles. The molecule has 0 saturated heterocycles. The van der Waals surface area contributed by atoms with Gasteiger partial charge in [0.1, 0.15) is 5.69 Å². The van der Waals surface area contributed by atoms with Crippen LogP contribution in [0, 0.1) is 18.3 Å². The third-order valence-corrected chi connectivity index (χ3v) is 2.83. The Bertz CT molecular complexity index is 825. The maximum absolute atomic E-state index is 12.5. The number of benzene rings is 1. The lowest BCUT2D eigenvalue weighted by Crippen LogP contribution is -2.35. The molecule has 1 N–H and O–H groups in total. The van der Waals surface area contributed by atoms with Crippen molar-refractivity contribution in [1.29, 1.82) is 5.26 Å². The lowest BCUT2D eigenvalue weighted by molar-refractivity contribution is -0.141. The van der Waals surface area contributed by atoms with Crippen molar-refractivity contribution in [1.82, 2.24) is 9.55 Å². The Morgan fingerprint density at radius 3 is 2.38 bits per heavy atom. The third kappa shape index (κ3) is 2.72. The summed E-state index contributed by atoms with van der Waals surface area (Å²) in [4.78, 5) is 25.1. The lowest BCUT2D eigenvalue weighted by atomic mass is 10.1. The summed E-state index contributed by atoms with van der Waals surface area (Å²) in [6, 6.07) is 6.30. The monoisotopic (exact) mass is 295 g/mol. The Morgan fingerprint density at radius 2 is 1.90 bits per heavy atom. The van der Waals surface area contributed by atoms with Crippen LogP contribution in [0.15, 0.2) is 33.9 Å². The molecule has 108 valence electrons. The van der Waals surface area contributed by atoms with Gasteiger partial charge in [-0.25, -0.2) is 9.36 Å². The summed E-state index contributed by atoms with van der Waals surface area (Å²) in [5.74, 6) is 0. The van der Waals surface area contributed by atoms with Gasteiger partial charge < -0.3 is 4.98 Å². The number of aromatic nitrogens is 2. The van der Waals surface area contributed by atoms with E-state index in [2.05, 4.69) is 0 Å². The number of halogens is 3. The van der Waals surface area contributed by atoms with Crippen LogP contribution in [-0.2, 0) is 6.18 Å². The van der Waals surface area contributed by atoms with Crippen LogP contribution in [0.25, 0.3) is 5.69 Å². The molecular formula is C13H8F3N3O2. The van der Waals surface area contributed by atoms with E-state index in [9.17, 15) is 22.8 Å². The highest BCUT2D eigenvalue weighted by Crippen LogP contribution is 2.25. The molecule has 0 amide bonds. The fourth-order valence-corrected chi connectivity index (χ4v) is 1.80. The summed E-state index contributed by atoms with van der Waals surface area (Å²) in [6.45, 7) is 1.59. The van der Waals surface area contributed by atoms with E-state index in [0.29, 0.717) is 21.8 Å². The number of nitrogens with one attached hydrogen (secondary N) is 1. The van der Waals surface area contributed by atoms with Crippen LogP contribution in [0.2, 0.25) is 0 Å². The molecule has 0 aliphatic rings. The molecule has 0 aliphatic heterocycles. The summed E-state index contributed by atoms with van der Waals surface area (Å²) in [6.07, 6.45) is -4.81. The molecule has 0 spiro atoms. The molecule has 0 radical (unpaired) electrons. The first-order valence-electron chi connectivity index (χ1n) is 5.69. The van der Waals surface area contributed by atoms with Gasteiger partial charge in [0.05, 0.1) is 17.3 Å². The predicted molar refractivity (Wildman–Crippen MR) is 67.1 cm³/mol. The van der Waals surface area contributed by atoms with Crippen molar-refractivity contribution in [2.75, 3.05) is 0 Å². The molecule has 0 atom stereocenters. The highest BCUT2D eigenvalue weighted by molar-refractivity contribution is 5.45. The second kappa shape index (κ2) is 4.94. The maximum Gasteiger partial charge on any atom is 0.431 e. The number of aromatic amines is 1. The molecule has 5 nitrogen and oxygen atoms in total. The molecule has 0 saturated carbocycles. The third-order valence-electron chi connectivity index (χ3n) is 2.83. The number of nitrogens with zero attached hydrogens (tertiary/aromatic N) is 2. The van der Waals surface area contributed by atoms with Gasteiger partial charge in [-0.1, -0.05) is 0 Å². The minimum Gasteiger partial charge on any atom is -0.303 e. The molecular weight excluding hydrogens is 287 g/mol. The molecule has 1 aromatic heterocycles. The Morgan fingerprint density at radius 1 is 1.24 bits per heavy atom. The van der Waals surface area contributed by atoms with Crippen LogP contribution in [0.4, 0.5) is 13.2 Å². The average molecular weight is 295 g/mol. The van der Waals surface area contributed by atoms with Gasteiger partial charge in [0, 0.05) is 6.07 Å². The van der Waals surface area contributed by atoms with Gasteiger partial charge in [-0.15, -0.1) is 0 Å². The quantitative estimate of drug-likeness (QED) is 0.870. The van der Waals surface area contributed by atoms with Crippen molar-refractivity contribution >= 4 is 0 Å². The fraction of sp³-hybridized carbons (Fsp3) is 0.154. The lowest BCUT2D eigenvalue weighted by Gasteiger charge is -2.09. The largest absolute Gasteiger partial charge is 0.431 e. The molecule has 0 aliphatic carbocycles. The summed E-state index contributed by atoms with van der Waals surface area (Å²) in [5, 5.41) is 8.80. The number of hydrogen-bond acceptors (Lipinski definition) is 3. The fourth-order valence-electron chi connectivity index (χ4n) is 1.80. The van der Waals surface area contributed by atoms with Crippen molar-refractivity contribution in [3.63, 3.8) is 0 Å². The van der Waals surface area contributed by atoms with E-state index in [0.717, 1.165) is 0 Å². The summed E-state index contributed by atoms with van der Waals surface area (Å²) < 4.78 is 38.0. The Balaban J connectivity index is 2.67. The van der Waals surface area contributed by atoms with Gasteiger partial charge in [-0.2, -0.15) is 18.4 Å². The van der Waals surface area contributed by atoms with Crippen LogP contribution in [0.3, 0.4) is 0 Å². The van der Waals surface area contributed by atoms with Gasteiger partial charge >= 0.3 is 11.9 Å². The van der Waals surface area contributed by atoms with Crippen molar-refractivity contribution in [3.05, 3.63) is 61.9 Å². The molecule has 0 fully saturated rings. The van der Waals surface area contributed by atoms with E-state index in [1.807, 2.05) is 6.07 Å². The van der Waals surface area contributed by atoms with Crippen molar-refractivity contribution in [2.45, 2.75) is 13.1 Å². The van der Waals surface area contributed by atoms with Gasteiger partial charge in [-0.05, 0) is 30.7 Å². The van der Waals surface area contributed by atoms with E-state index < -0.39 is 23.1 Å². The van der Waals surface area contributed by atoms with Crippen LogP contribution in [0.5, 0.6) is 0 Å². The van der Waals surface area contributed by atoms with Crippen LogP contribution in [0.1, 0.15) is 16.8 Å². The first-order valence-corrected chi connectivity index (χ1v) is 5.69. The Labute approximate surface area is 115 Å². The van der Waals surface area contributed by atoms with Crippen molar-refractivity contribution < 1.29 is 13.2 Å². The molecule has 21 heavy (non-hydrogen) atoms. The SMILES string of the molecule is Cc1cc(-n2c(=O)cc(C(F)(F)F)[nH]c2=O)ccc1C#N. The van der Waals surface area contributed by atoms with Gasteiger partial charge in [0.25, 0.3) is 5.56 Å². The van der Waals surface area contributed by atoms with Crippen molar-refractivity contribution in [3.8, 4) is 11.8 Å². The molecule has 1 aromatic carbocycles. The van der Waals surface area contributed by atoms with E-state index in [1.54, 1.807) is 11.9 Å². The summed E-state index contributed by atoms with van der Waals surface area (Å²) in [7, 11) is 0. The normalized spacial score (nSPS) is 11.2. The smallest absolute Gasteiger partial charge is 0.303 e. The van der Waals surface area contributed by atoms with Gasteiger partial charge in [0.2, 0.25) is 0 Å². The number of alkyl halides is 3. The molecule has 8 heteroatoms. The number of hydrogen-bond donors (Lipinski definition) is 1. The number of H-pyrrole nitrogens is 1. The second-order valence-corrected chi connectivity index (χ2v) is 4.27. The zero-order valence-electron chi connectivity index (χ0n) is 10.7. The van der Waals surface area contributed by atoms with Gasteiger partial charge in [-0.3, -0.25) is 4.79 Å². The van der Waals surface area contributed by atoms with Crippen molar-refractivity contribution in [2.24, 2.45) is 0 Å². The van der Waals surface area contributed by atoms with E-state index in [4.69, 9.17) is 5.26 Å². The van der Waals surface area contributed by atoms with E-state index in [-0.39, 0.29) is 5.69 Å². The minimum atomic E-state index is -4.81. The Hall–Kier alpha value is -2.82. The summed E-state index contributed by atoms with van der Waals surface area (Å²) >= 11 is 0. The number of nitriles is 1. The maximum atomic E-state index is 12.5. The predicted octanol–water partition coefficient (Wildman–Crippen LogP) is 1.72. The molecule has 0 unspecified atom stereocenters. The van der Waals surface area contributed by atoms with E-state index >= 15 is 0 Å². The average Bonchev–Trinajstić information content (AvgIpc) is 2.37. The first kappa shape index (κ1) is 14.6. The number of rotatable bonds is 1. The first-order chi connectivity index (χ1) is 9.74. The highest BCUT2D eigenvalue weighted by Gasteiger charge is 2.33. The minimum absolute atomic E-state index is 0.0893. The topological polar surface area (TPSA) is 78.7 Å². The molecule has 2 aromatic rings. The zero-order valence-corrected chi connectivity index (χ0v) is 10.7. The van der Waals surface area contributed by atoms with Crippen LogP contribution < -0.4 is 11.2 Å². The molecule has 2 rings (SSSR count). The van der Waals surface area contributed by atoms with Crippen LogP contribution in [-0.4, -0.2) is 9.55 Å². The Kier molecular flexibility index (Phi) is 3.43. The zero-order chi connectivity index (χ0) is 15.8. The summed E-state index contributed by atoms with van der Waals surface area (Å²) in [5.41, 5.74) is -2.77. The number of aryl methyl sites for hydroxylation is 1. The van der Waals surface area contributed by atoms with E-state index in [1.165, 1.54) is 18.2 Å².